The highest BCUT2D eigenvalue weighted by Crippen LogP contribution is 2.39. The molecule has 1 aromatic rings. The van der Waals surface area contributed by atoms with Crippen LogP contribution < -0.4 is 5.48 Å². The number of methoxy groups -OCH3 is 1. The number of nitrogens with one attached hydrogen (secondary N) is 1. The molecule has 3 nitrogen and oxygen atoms in total. The van der Waals surface area contributed by atoms with Gasteiger partial charge in [-0.05, 0) is 29.9 Å². The van der Waals surface area contributed by atoms with Gasteiger partial charge >= 0.3 is 0 Å². The maximum absolute atomic E-state index is 5.19. The number of hydrogen-bond acceptors (Lipinski definition) is 3. The number of ether oxygens (including phenoxy) is 1. The first-order chi connectivity index (χ1) is 7.90. The number of rotatable bonds is 7. The van der Waals surface area contributed by atoms with Gasteiger partial charge in [0.25, 0.3) is 0 Å². The predicted octanol–water partition coefficient (Wildman–Crippen LogP) is 2.23. The summed E-state index contributed by atoms with van der Waals surface area (Å²) in [6.07, 6.45) is 2.72. The van der Waals surface area contributed by atoms with Gasteiger partial charge in [0, 0.05) is 13.7 Å². The molecule has 1 aliphatic carbocycles. The van der Waals surface area contributed by atoms with E-state index in [1.165, 1.54) is 24.0 Å². The van der Waals surface area contributed by atoms with Crippen LogP contribution in [0.1, 0.15) is 29.9 Å². The second kappa shape index (κ2) is 5.99. The maximum Gasteiger partial charge on any atom is 0.0916 e. The molecule has 1 N–H and O–H groups in total. The third kappa shape index (κ3) is 3.59. The minimum atomic E-state index is 0.580. The van der Waals surface area contributed by atoms with E-state index in [0.29, 0.717) is 13.2 Å². The lowest BCUT2D eigenvalue weighted by atomic mass is 10.1. The Bertz CT molecular complexity index is 306. The average Bonchev–Trinajstić information content (AvgIpc) is 3.14. The lowest BCUT2D eigenvalue weighted by Crippen LogP contribution is -2.17. The van der Waals surface area contributed by atoms with Crippen molar-refractivity contribution in [2.75, 3.05) is 20.3 Å². The summed E-state index contributed by atoms with van der Waals surface area (Å²) < 4.78 is 4.88. The molecule has 0 atom stereocenters. The molecule has 0 heterocycles. The first kappa shape index (κ1) is 11.6. The second-order valence-electron chi connectivity index (χ2n) is 4.18. The first-order valence-corrected chi connectivity index (χ1v) is 5.82. The van der Waals surface area contributed by atoms with Crippen LogP contribution >= 0.6 is 0 Å². The van der Waals surface area contributed by atoms with E-state index in [1.54, 1.807) is 7.11 Å². The van der Waals surface area contributed by atoms with Crippen LogP contribution in [0.4, 0.5) is 0 Å². The smallest absolute Gasteiger partial charge is 0.0916 e. The van der Waals surface area contributed by atoms with Gasteiger partial charge in [0.1, 0.15) is 0 Å². The van der Waals surface area contributed by atoms with Gasteiger partial charge in [-0.1, -0.05) is 24.3 Å². The van der Waals surface area contributed by atoms with Crippen LogP contribution in [0.5, 0.6) is 0 Å². The Morgan fingerprint density at radius 2 is 1.94 bits per heavy atom. The molecule has 0 unspecified atom stereocenters. The molecule has 1 saturated carbocycles. The van der Waals surface area contributed by atoms with Gasteiger partial charge < -0.3 is 4.74 Å². The van der Waals surface area contributed by atoms with Gasteiger partial charge in [0.05, 0.1) is 13.2 Å². The van der Waals surface area contributed by atoms with E-state index in [4.69, 9.17) is 9.57 Å². The fourth-order valence-electron chi connectivity index (χ4n) is 1.66. The fraction of sp³-hybridized carbons (Fsp3) is 0.538. The van der Waals surface area contributed by atoms with Crippen molar-refractivity contribution in [1.29, 1.82) is 0 Å². The van der Waals surface area contributed by atoms with Crippen molar-refractivity contribution in [2.24, 2.45) is 0 Å². The summed E-state index contributed by atoms with van der Waals surface area (Å²) in [7, 11) is 1.67. The van der Waals surface area contributed by atoms with Crippen LogP contribution in [0, 0.1) is 0 Å². The molecule has 16 heavy (non-hydrogen) atoms. The fourth-order valence-corrected chi connectivity index (χ4v) is 1.66. The van der Waals surface area contributed by atoms with E-state index < -0.39 is 0 Å². The molecule has 3 heteroatoms. The zero-order chi connectivity index (χ0) is 11.2. The Kier molecular flexibility index (Phi) is 4.34. The van der Waals surface area contributed by atoms with Crippen LogP contribution in [0.25, 0.3) is 0 Å². The van der Waals surface area contributed by atoms with Crippen molar-refractivity contribution in [1.82, 2.24) is 5.48 Å². The molecule has 88 valence electrons. The highest BCUT2D eigenvalue weighted by molar-refractivity contribution is 5.27. The minimum Gasteiger partial charge on any atom is -0.382 e. The molecule has 0 spiro atoms. The molecule has 0 aliphatic heterocycles. The minimum absolute atomic E-state index is 0.580. The van der Waals surface area contributed by atoms with Gasteiger partial charge in [-0.3, -0.25) is 4.84 Å². The Balaban J connectivity index is 1.68. The Hall–Kier alpha value is -0.900. The summed E-state index contributed by atoms with van der Waals surface area (Å²) in [5.41, 5.74) is 5.65. The topological polar surface area (TPSA) is 30.5 Å². The molecule has 0 bridgehead atoms. The van der Waals surface area contributed by atoms with Gasteiger partial charge in [-0.25, -0.2) is 0 Å². The van der Waals surface area contributed by atoms with E-state index >= 15 is 0 Å². The van der Waals surface area contributed by atoms with Crippen LogP contribution in [0.2, 0.25) is 0 Å². The Labute approximate surface area is 96.7 Å². The molecule has 0 amide bonds. The molecule has 1 fully saturated rings. The number of hydrogen-bond donors (Lipinski definition) is 1. The van der Waals surface area contributed by atoms with Crippen LogP contribution in [-0.4, -0.2) is 20.3 Å². The molecule has 1 aromatic carbocycles. The summed E-state index contributed by atoms with van der Waals surface area (Å²) in [6.45, 7) is 1.94. The van der Waals surface area contributed by atoms with Crippen molar-refractivity contribution in [3.63, 3.8) is 0 Å². The van der Waals surface area contributed by atoms with E-state index in [9.17, 15) is 0 Å². The highest BCUT2D eigenvalue weighted by Gasteiger charge is 2.22. The first-order valence-electron chi connectivity index (χ1n) is 5.82. The van der Waals surface area contributed by atoms with Crippen molar-refractivity contribution >= 4 is 0 Å². The molecule has 1 aliphatic rings. The SMILES string of the molecule is COCCONCc1ccc(C2CC2)cc1. The van der Waals surface area contributed by atoms with E-state index in [1.807, 2.05) is 0 Å². The highest BCUT2D eigenvalue weighted by atomic mass is 16.7. The van der Waals surface area contributed by atoms with Crippen molar-refractivity contribution in [2.45, 2.75) is 25.3 Å². The molecule has 0 saturated heterocycles. The number of hydroxylamine groups is 1. The lowest BCUT2D eigenvalue weighted by Gasteiger charge is -2.06. The summed E-state index contributed by atoms with van der Waals surface area (Å²) in [5, 5.41) is 0. The molecule has 0 aromatic heterocycles. The average molecular weight is 221 g/mol. The molecule has 0 radical (unpaired) electrons. The maximum atomic E-state index is 5.19. The molecular weight excluding hydrogens is 202 g/mol. The van der Waals surface area contributed by atoms with Gasteiger partial charge in [0.2, 0.25) is 0 Å². The summed E-state index contributed by atoms with van der Waals surface area (Å²) in [5.74, 6) is 0.833. The summed E-state index contributed by atoms with van der Waals surface area (Å²) in [6, 6.07) is 8.79. The van der Waals surface area contributed by atoms with Crippen molar-refractivity contribution in [3.05, 3.63) is 35.4 Å². The monoisotopic (exact) mass is 221 g/mol. The zero-order valence-electron chi connectivity index (χ0n) is 9.74. The van der Waals surface area contributed by atoms with E-state index in [-0.39, 0.29) is 0 Å². The molecule has 2 rings (SSSR count). The number of benzene rings is 1. The third-order valence-electron chi connectivity index (χ3n) is 2.80. The quantitative estimate of drug-likeness (QED) is 0.566. The van der Waals surface area contributed by atoms with Gasteiger partial charge in [-0.2, -0.15) is 5.48 Å². The lowest BCUT2D eigenvalue weighted by molar-refractivity contribution is 0.00346. The summed E-state index contributed by atoms with van der Waals surface area (Å²) >= 11 is 0. The van der Waals surface area contributed by atoms with Crippen LogP contribution in [0.15, 0.2) is 24.3 Å². The normalized spacial score (nSPS) is 15.3. The van der Waals surface area contributed by atoms with Crippen LogP contribution in [0.3, 0.4) is 0 Å². The van der Waals surface area contributed by atoms with Gasteiger partial charge in [-0.15, -0.1) is 0 Å². The standard InChI is InChI=1S/C13H19NO2/c1-15-8-9-16-14-10-11-2-4-12(5-3-11)13-6-7-13/h2-5,13-14H,6-10H2,1H3. The van der Waals surface area contributed by atoms with Crippen LogP contribution in [-0.2, 0) is 16.1 Å². The zero-order valence-corrected chi connectivity index (χ0v) is 9.74. The predicted molar refractivity (Wildman–Crippen MR) is 63.1 cm³/mol. The van der Waals surface area contributed by atoms with Crippen molar-refractivity contribution in [3.8, 4) is 0 Å². The molecular formula is C13H19NO2. The van der Waals surface area contributed by atoms with E-state index in [2.05, 4.69) is 29.7 Å². The largest absolute Gasteiger partial charge is 0.382 e. The summed E-state index contributed by atoms with van der Waals surface area (Å²) in [4.78, 5) is 5.19. The van der Waals surface area contributed by atoms with Crippen molar-refractivity contribution < 1.29 is 9.57 Å². The third-order valence-corrected chi connectivity index (χ3v) is 2.80. The second-order valence-corrected chi connectivity index (χ2v) is 4.18. The van der Waals surface area contributed by atoms with E-state index in [0.717, 1.165) is 12.5 Å². The Morgan fingerprint density at radius 1 is 1.19 bits per heavy atom. The Morgan fingerprint density at radius 3 is 2.56 bits per heavy atom. The van der Waals surface area contributed by atoms with Gasteiger partial charge in [0.15, 0.2) is 0 Å².